The van der Waals surface area contributed by atoms with E-state index in [1.54, 1.807) is 13.8 Å². The van der Waals surface area contributed by atoms with Crippen molar-refractivity contribution in [2.24, 2.45) is 5.41 Å². The predicted octanol–water partition coefficient (Wildman–Crippen LogP) is 1.33. The second-order valence-corrected chi connectivity index (χ2v) is 5.30. The third kappa shape index (κ3) is 2.38. The van der Waals surface area contributed by atoms with Gasteiger partial charge in [-0.2, -0.15) is 0 Å². The zero-order valence-electron chi connectivity index (χ0n) is 10.5. The molecule has 1 fully saturated rings. The first-order chi connectivity index (χ1) is 7.33. The molecular formula is C12H23NO3. The van der Waals surface area contributed by atoms with Crippen LogP contribution >= 0.6 is 0 Å². The number of likely N-dealkylation sites (tertiary alicyclic amines) is 1. The average Bonchev–Trinajstić information content (AvgIpc) is 2.21. The van der Waals surface area contributed by atoms with Crippen molar-refractivity contribution < 1.29 is 15.0 Å². The van der Waals surface area contributed by atoms with Crippen molar-refractivity contribution in [1.29, 1.82) is 0 Å². The molecule has 0 atom stereocenters. The molecule has 1 saturated heterocycles. The third-order valence-corrected chi connectivity index (χ3v) is 3.92. The van der Waals surface area contributed by atoms with Crippen molar-refractivity contribution in [3.8, 4) is 0 Å². The molecule has 2 N–H and O–H groups in total. The SMILES string of the molecule is CCCN1CCC(O)(C(C)(C)C(=O)O)CC1. The highest BCUT2D eigenvalue weighted by atomic mass is 16.4. The van der Waals surface area contributed by atoms with Crippen LogP contribution in [0.25, 0.3) is 0 Å². The van der Waals surface area contributed by atoms with E-state index in [1.807, 2.05) is 0 Å². The monoisotopic (exact) mass is 229 g/mol. The molecular weight excluding hydrogens is 206 g/mol. The Morgan fingerprint density at radius 2 is 1.88 bits per heavy atom. The van der Waals surface area contributed by atoms with Gasteiger partial charge in [0, 0.05) is 13.1 Å². The number of nitrogens with zero attached hydrogens (tertiary/aromatic N) is 1. The molecule has 1 aliphatic rings. The summed E-state index contributed by atoms with van der Waals surface area (Å²) in [5.74, 6) is -0.918. The second-order valence-electron chi connectivity index (χ2n) is 5.30. The van der Waals surface area contributed by atoms with Crippen LogP contribution in [0.2, 0.25) is 0 Å². The van der Waals surface area contributed by atoms with Crippen LogP contribution in [0.1, 0.15) is 40.0 Å². The lowest BCUT2D eigenvalue weighted by Gasteiger charge is -2.45. The minimum absolute atomic E-state index is 0.548. The number of aliphatic hydroxyl groups is 1. The lowest BCUT2D eigenvalue weighted by atomic mass is 9.69. The number of hydrogen-bond donors (Lipinski definition) is 2. The van der Waals surface area contributed by atoms with Crippen molar-refractivity contribution in [2.45, 2.75) is 45.6 Å². The molecule has 0 aromatic carbocycles. The molecule has 0 aromatic rings. The number of piperidine rings is 1. The van der Waals surface area contributed by atoms with Crippen LogP contribution in [0.5, 0.6) is 0 Å². The lowest BCUT2D eigenvalue weighted by Crippen LogP contribution is -2.55. The van der Waals surface area contributed by atoms with E-state index in [2.05, 4.69) is 11.8 Å². The van der Waals surface area contributed by atoms with E-state index in [1.165, 1.54) is 0 Å². The van der Waals surface area contributed by atoms with Gasteiger partial charge in [-0.05, 0) is 39.7 Å². The van der Waals surface area contributed by atoms with E-state index in [0.717, 1.165) is 26.1 Å². The molecule has 0 aliphatic carbocycles. The highest BCUT2D eigenvalue weighted by Gasteiger charge is 2.50. The number of carboxylic acids is 1. The summed E-state index contributed by atoms with van der Waals surface area (Å²) in [6.07, 6.45) is 2.19. The molecule has 0 radical (unpaired) electrons. The van der Waals surface area contributed by atoms with Gasteiger partial charge < -0.3 is 15.1 Å². The summed E-state index contributed by atoms with van der Waals surface area (Å²) in [4.78, 5) is 13.4. The van der Waals surface area contributed by atoms with Crippen LogP contribution in [0, 0.1) is 5.41 Å². The largest absolute Gasteiger partial charge is 0.481 e. The number of rotatable bonds is 4. The van der Waals surface area contributed by atoms with E-state index >= 15 is 0 Å². The smallest absolute Gasteiger partial charge is 0.312 e. The maximum atomic E-state index is 11.2. The normalized spacial score (nSPS) is 22.0. The van der Waals surface area contributed by atoms with Crippen LogP contribution in [0.3, 0.4) is 0 Å². The molecule has 0 unspecified atom stereocenters. The van der Waals surface area contributed by atoms with Gasteiger partial charge in [0.25, 0.3) is 0 Å². The van der Waals surface area contributed by atoms with Crippen molar-refractivity contribution >= 4 is 5.97 Å². The van der Waals surface area contributed by atoms with Crippen molar-refractivity contribution in [3.63, 3.8) is 0 Å². The van der Waals surface area contributed by atoms with Gasteiger partial charge in [0.15, 0.2) is 0 Å². The first-order valence-electron chi connectivity index (χ1n) is 6.01. The van der Waals surface area contributed by atoms with Gasteiger partial charge in [0.05, 0.1) is 11.0 Å². The number of carbonyl (C=O) groups is 1. The average molecular weight is 229 g/mol. The highest BCUT2D eigenvalue weighted by Crippen LogP contribution is 2.39. The van der Waals surface area contributed by atoms with Gasteiger partial charge in [0.2, 0.25) is 0 Å². The summed E-state index contributed by atoms with van der Waals surface area (Å²) < 4.78 is 0. The Hall–Kier alpha value is -0.610. The Labute approximate surface area is 97.3 Å². The zero-order chi connectivity index (χ0) is 12.4. The van der Waals surface area contributed by atoms with Gasteiger partial charge in [-0.3, -0.25) is 4.79 Å². The van der Waals surface area contributed by atoms with Crippen LogP contribution in [0.15, 0.2) is 0 Å². The van der Waals surface area contributed by atoms with Crippen LogP contribution in [-0.4, -0.2) is 46.3 Å². The minimum Gasteiger partial charge on any atom is -0.481 e. The highest BCUT2D eigenvalue weighted by molar-refractivity contribution is 5.75. The third-order valence-electron chi connectivity index (χ3n) is 3.92. The van der Waals surface area contributed by atoms with E-state index in [4.69, 9.17) is 5.11 Å². The summed E-state index contributed by atoms with van der Waals surface area (Å²) >= 11 is 0. The Morgan fingerprint density at radius 3 is 2.25 bits per heavy atom. The Bertz CT molecular complexity index is 255. The van der Waals surface area contributed by atoms with Gasteiger partial charge in [-0.1, -0.05) is 6.92 Å². The van der Waals surface area contributed by atoms with E-state index in [9.17, 15) is 9.90 Å². The molecule has 0 amide bonds. The fourth-order valence-electron chi connectivity index (χ4n) is 2.29. The van der Waals surface area contributed by atoms with Gasteiger partial charge in [0.1, 0.15) is 0 Å². The molecule has 1 rings (SSSR count). The predicted molar refractivity (Wildman–Crippen MR) is 62.3 cm³/mol. The van der Waals surface area contributed by atoms with E-state index < -0.39 is 17.0 Å². The summed E-state index contributed by atoms with van der Waals surface area (Å²) in [5.41, 5.74) is -2.13. The Kier molecular flexibility index (Phi) is 3.97. The van der Waals surface area contributed by atoms with Crippen molar-refractivity contribution in [3.05, 3.63) is 0 Å². The summed E-state index contributed by atoms with van der Waals surface area (Å²) in [7, 11) is 0. The van der Waals surface area contributed by atoms with Gasteiger partial charge in [-0.25, -0.2) is 0 Å². The second kappa shape index (κ2) is 4.72. The lowest BCUT2D eigenvalue weighted by molar-refractivity contribution is -0.171. The standard InChI is InChI=1S/C12H23NO3/c1-4-7-13-8-5-12(16,6-9-13)11(2,3)10(14)15/h16H,4-9H2,1-3H3,(H,14,15). The summed E-state index contributed by atoms with van der Waals surface area (Å²) in [6.45, 7) is 7.98. The van der Waals surface area contributed by atoms with Crippen molar-refractivity contribution in [1.82, 2.24) is 4.90 Å². The molecule has 94 valence electrons. The molecule has 0 saturated carbocycles. The minimum atomic E-state index is -1.07. The quantitative estimate of drug-likeness (QED) is 0.763. The zero-order valence-corrected chi connectivity index (χ0v) is 10.5. The van der Waals surface area contributed by atoms with Crippen molar-refractivity contribution in [2.75, 3.05) is 19.6 Å². The molecule has 16 heavy (non-hydrogen) atoms. The number of hydrogen-bond acceptors (Lipinski definition) is 3. The fourth-order valence-corrected chi connectivity index (χ4v) is 2.29. The maximum absolute atomic E-state index is 11.2. The molecule has 4 heteroatoms. The number of aliphatic carboxylic acids is 1. The Morgan fingerprint density at radius 1 is 1.38 bits per heavy atom. The first kappa shape index (κ1) is 13.5. The molecule has 4 nitrogen and oxygen atoms in total. The van der Waals surface area contributed by atoms with Gasteiger partial charge in [-0.15, -0.1) is 0 Å². The molecule has 0 bridgehead atoms. The fraction of sp³-hybridized carbons (Fsp3) is 0.917. The summed E-state index contributed by atoms with van der Waals surface area (Å²) in [6, 6.07) is 0. The summed E-state index contributed by atoms with van der Waals surface area (Å²) in [5, 5.41) is 19.6. The van der Waals surface area contributed by atoms with Crippen LogP contribution < -0.4 is 0 Å². The van der Waals surface area contributed by atoms with E-state index in [0.29, 0.717) is 12.8 Å². The molecule has 0 aromatic heterocycles. The van der Waals surface area contributed by atoms with Crippen LogP contribution in [0.4, 0.5) is 0 Å². The molecule has 0 spiro atoms. The van der Waals surface area contributed by atoms with Gasteiger partial charge >= 0.3 is 5.97 Å². The first-order valence-corrected chi connectivity index (χ1v) is 6.01. The topological polar surface area (TPSA) is 60.8 Å². The van der Waals surface area contributed by atoms with E-state index in [-0.39, 0.29) is 0 Å². The maximum Gasteiger partial charge on any atom is 0.312 e. The molecule has 1 heterocycles. The number of carboxylic acid groups (broad SMARTS) is 1. The Balaban J connectivity index is 2.66. The van der Waals surface area contributed by atoms with Crippen LogP contribution in [-0.2, 0) is 4.79 Å². The molecule has 1 aliphatic heterocycles.